The molecule has 0 aliphatic carbocycles. The second kappa shape index (κ2) is 10.1. The number of amides is 2. The van der Waals surface area contributed by atoms with Gasteiger partial charge in [-0.15, -0.1) is 0 Å². The van der Waals surface area contributed by atoms with Crippen molar-refractivity contribution in [2.75, 3.05) is 27.3 Å². The van der Waals surface area contributed by atoms with Crippen LogP contribution in [0.25, 0.3) is 0 Å². The summed E-state index contributed by atoms with van der Waals surface area (Å²) in [7, 11) is -0.492. The topological polar surface area (TPSA) is 106 Å². The van der Waals surface area contributed by atoms with Crippen molar-refractivity contribution in [3.63, 3.8) is 0 Å². The predicted molar refractivity (Wildman–Crippen MR) is 111 cm³/mol. The molecule has 158 valence electrons. The molecule has 2 rings (SSSR count). The lowest BCUT2D eigenvalue weighted by Crippen LogP contribution is -2.41. The fourth-order valence-corrected chi connectivity index (χ4v) is 3.70. The highest BCUT2D eigenvalue weighted by Gasteiger charge is 2.16. The molecule has 0 heterocycles. The Morgan fingerprint density at radius 2 is 1.72 bits per heavy atom. The summed E-state index contributed by atoms with van der Waals surface area (Å²) in [6, 6.07) is 11.1. The van der Waals surface area contributed by atoms with Crippen LogP contribution >= 0.6 is 0 Å². The molecule has 0 radical (unpaired) electrons. The largest absolute Gasteiger partial charge is 0.497 e. The van der Waals surface area contributed by atoms with Crippen LogP contribution in [0, 0.1) is 6.92 Å². The van der Waals surface area contributed by atoms with Gasteiger partial charge in [-0.1, -0.05) is 17.7 Å². The molecule has 0 fully saturated rings. The van der Waals surface area contributed by atoms with E-state index in [1.165, 1.54) is 0 Å². The number of carbonyl (C=O) groups excluding carboxylic acids is 1. The summed E-state index contributed by atoms with van der Waals surface area (Å²) in [6.45, 7) is 3.91. The third-order valence-electron chi connectivity index (χ3n) is 4.28. The van der Waals surface area contributed by atoms with Crippen LogP contribution < -0.4 is 24.8 Å². The molecule has 2 aromatic rings. The lowest BCUT2D eigenvalue weighted by molar-refractivity contribution is 0.238. The summed E-state index contributed by atoms with van der Waals surface area (Å²) >= 11 is 0. The van der Waals surface area contributed by atoms with Crippen molar-refractivity contribution >= 4 is 16.1 Å². The van der Waals surface area contributed by atoms with Crippen LogP contribution in [0.3, 0.4) is 0 Å². The first kappa shape index (κ1) is 22.5. The second-order valence-corrected chi connectivity index (χ2v) is 8.21. The highest BCUT2D eigenvalue weighted by molar-refractivity contribution is 7.89. The lowest BCUT2D eigenvalue weighted by atomic mass is 10.1. The highest BCUT2D eigenvalue weighted by Crippen LogP contribution is 2.29. The van der Waals surface area contributed by atoms with E-state index in [1.807, 2.05) is 13.8 Å². The number of hydrogen-bond acceptors (Lipinski definition) is 5. The van der Waals surface area contributed by atoms with E-state index in [0.717, 1.165) is 11.1 Å². The van der Waals surface area contributed by atoms with Crippen LogP contribution in [-0.2, 0) is 10.0 Å². The molecule has 1 unspecified atom stereocenters. The fraction of sp³-hybridized carbons (Fsp3) is 0.350. The first-order valence-electron chi connectivity index (χ1n) is 9.09. The molecule has 29 heavy (non-hydrogen) atoms. The maximum absolute atomic E-state index is 12.2. The van der Waals surface area contributed by atoms with Gasteiger partial charge in [-0.05, 0) is 44.2 Å². The van der Waals surface area contributed by atoms with Gasteiger partial charge in [0.05, 0.1) is 25.2 Å². The summed E-state index contributed by atoms with van der Waals surface area (Å²) in [6.07, 6.45) is 0. The van der Waals surface area contributed by atoms with E-state index in [-0.39, 0.29) is 24.0 Å². The minimum Gasteiger partial charge on any atom is -0.497 e. The average Bonchev–Trinajstić information content (AvgIpc) is 2.71. The van der Waals surface area contributed by atoms with Crippen molar-refractivity contribution < 1.29 is 22.7 Å². The van der Waals surface area contributed by atoms with Crippen molar-refractivity contribution in [1.29, 1.82) is 0 Å². The molecule has 8 nitrogen and oxygen atoms in total. The highest BCUT2D eigenvalue weighted by atomic mass is 32.2. The Hall–Kier alpha value is -2.78. The lowest BCUT2D eigenvalue weighted by Gasteiger charge is -2.18. The number of rotatable bonds is 9. The van der Waals surface area contributed by atoms with Gasteiger partial charge in [-0.25, -0.2) is 17.9 Å². The molecule has 0 spiro atoms. The van der Waals surface area contributed by atoms with Crippen molar-refractivity contribution in [1.82, 2.24) is 15.4 Å². The third-order valence-corrected chi connectivity index (χ3v) is 5.76. The molecule has 0 aliphatic heterocycles. The minimum atomic E-state index is -3.61. The van der Waals surface area contributed by atoms with Crippen LogP contribution in [0.15, 0.2) is 47.4 Å². The molecule has 0 bridgehead atoms. The number of aryl methyl sites for hydroxylation is 1. The molecule has 3 N–H and O–H groups in total. The molecule has 0 saturated carbocycles. The van der Waals surface area contributed by atoms with Gasteiger partial charge < -0.3 is 20.1 Å². The number of sulfonamides is 1. The molecule has 1 atom stereocenters. The smallest absolute Gasteiger partial charge is 0.315 e. The Morgan fingerprint density at radius 3 is 2.34 bits per heavy atom. The van der Waals surface area contributed by atoms with Gasteiger partial charge in [0.15, 0.2) is 0 Å². The van der Waals surface area contributed by atoms with Crippen molar-refractivity contribution in [2.45, 2.75) is 24.8 Å². The molecule has 2 aromatic carbocycles. The first-order chi connectivity index (χ1) is 13.8. The Bertz CT molecular complexity index is 930. The van der Waals surface area contributed by atoms with Gasteiger partial charge in [0.25, 0.3) is 0 Å². The van der Waals surface area contributed by atoms with E-state index >= 15 is 0 Å². The van der Waals surface area contributed by atoms with Gasteiger partial charge in [-0.3, -0.25) is 0 Å². The van der Waals surface area contributed by atoms with E-state index in [4.69, 9.17) is 9.47 Å². The summed E-state index contributed by atoms with van der Waals surface area (Å²) in [4.78, 5) is 12.3. The van der Waals surface area contributed by atoms with Gasteiger partial charge in [-0.2, -0.15) is 0 Å². The van der Waals surface area contributed by atoms with Crippen LogP contribution in [0.2, 0.25) is 0 Å². The monoisotopic (exact) mass is 421 g/mol. The number of ether oxygens (including phenoxy) is 2. The number of nitrogens with one attached hydrogen (secondary N) is 3. The fourth-order valence-electron chi connectivity index (χ4n) is 2.67. The van der Waals surface area contributed by atoms with E-state index in [1.54, 1.807) is 56.7 Å². The number of benzene rings is 2. The van der Waals surface area contributed by atoms with E-state index in [2.05, 4.69) is 15.4 Å². The average molecular weight is 422 g/mol. The summed E-state index contributed by atoms with van der Waals surface area (Å²) in [5, 5.41) is 5.43. The van der Waals surface area contributed by atoms with Gasteiger partial charge in [0, 0.05) is 18.7 Å². The Labute approximate surface area is 171 Å². The number of urea groups is 1. The Morgan fingerprint density at radius 1 is 1.03 bits per heavy atom. The van der Waals surface area contributed by atoms with E-state index in [9.17, 15) is 13.2 Å². The zero-order valence-electron chi connectivity index (χ0n) is 17.0. The second-order valence-electron chi connectivity index (χ2n) is 6.44. The molecule has 9 heteroatoms. The number of carbonyl (C=O) groups is 1. The summed E-state index contributed by atoms with van der Waals surface area (Å²) in [5.41, 5.74) is 1.74. The predicted octanol–water partition coefficient (Wildman–Crippen LogP) is 2.35. The van der Waals surface area contributed by atoms with E-state index in [0.29, 0.717) is 11.5 Å². The third kappa shape index (κ3) is 6.37. The van der Waals surface area contributed by atoms with Crippen molar-refractivity contribution in [3.8, 4) is 11.5 Å². The summed E-state index contributed by atoms with van der Waals surface area (Å²) in [5.74, 6) is 1.28. The Balaban J connectivity index is 1.85. The van der Waals surface area contributed by atoms with Gasteiger partial charge >= 0.3 is 6.03 Å². The Kier molecular flexibility index (Phi) is 7.86. The quantitative estimate of drug-likeness (QED) is 0.539. The van der Waals surface area contributed by atoms with Crippen LogP contribution in [0.4, 0.5) is 4.79 Å². The molecule has 0 aliphatic rings. The van der Waals surface area contributed by atoms with Crippen LogP contribution in [-0.4, -0.2) is 41.8 Å². The molecule has 0 aromatic heterocycles. The molecule has 0 saturated heterocycles. The molecular weight excluding hydrogens is 394 g/mol. The number of hydrogen-bond donors (Lipinski definition) is 3. The van der Waals surface area contributed by atoms with Gasteiger partial charge in [0.1, 0.15) is 11.5 Å². The van der Waals surface area contributed by atoms with Crippen molar-refractivity contribution in [3.05, 3.63) is 53.6 Å². The normalized spacial score (nSPS) is 12.1. The van der Waals surface area contributed by atoms with Gasteiger partial charge in [0.2, 0.25) is 10.0 Å². The van der Waals surface area contributed by atoms with Crippen molar-refractivity contribution in [2.24, 2.45) is 0 Å². The maximum Gasteiger partial charge on any atom is 0.315 e. The first-order valence-corrected chi connectivity index (χ1v) is 10.6. The number of methoxy groups -OCH3 is 2. The van der Waals surface area contributed by atoms with Crippen LogP contribution in [0.1, 0.15) is 24.1 Å². The van der Waals surface area contributed by atoms with E-state index < -0.39 is 16.1 Å². The molecule has 2 amide bonds. The minimum absolute atomic E-state index is 0.0699. The maximum atomic E-state index is 12.2. The zero-order chi connectivity index (χ0) is 21.4. The standard InChI is InChI=1S/C20H27N3O5S/c1-14-5-8-17(9-6-14)29(25,26)22-12-11-21-20(24)23-15(2)18-13-16(27-3)7-10-19(18)28-4/h5-10,13,15,22H,11-12H2,1-4H3,(H2,21,23,24). The van der Waals surface area contributed by atoms with Crippen LogP contribution in [0.5, 0.6) is 11.5 Å². The summed E-state index contributed by atoms with van der Waals surface area (Å²) < 4.78 is 37.4. The molecular formula is C20H27N3O5S. The zero-order valence-corrected chi connectivity index (χ0v) is 17.8. The SMILES string of the molecule is COc1ccc(OC)c(C(C)NC(=O)NCCNS(=O)(=O)c2ccc(C)cc2)c1.